The minimum absolute atomic E-state index is 0.177. The maximum atomic E-state index is 14.0. The van der Waals surface area contributed by atoms with Crippen molar-refractivity contribution in [1.29, 1.82) is 0 Å². The zero-order valence-corrected chi connectivity index (χ0v) is 15.8. The van der Waals surface area contributed by atoms with Crippen LogP contribution in [0.2, 0.25) is 0 Å². The molecular formula is C18H19F3N2O3S. The number of likely N-dealkylation sites (N-methyl/N-ethyl adjacent to an activating group) is 1. The summed E-state index contributed by atoms with van der Waals surface area (Å²) in [6.07, 6.45) is 0. The van der Waals surface area contributed by atoms with E-state index in [9.17, 15) is 26.4 Å². The van der Waals surface area contributed by atoms with E-state index < -0.39 is 44.3 Å². The van der Waals surface area contributed by atoms with E-state index in [1.54, 1.807) is 24.3 Å². The van der Waals surface area contributed by atoms with Gasteiger partial charge in [-0.25, -0.2) is 21.6 Å². The number of anilines is 1. The van der Waals surface area contributed by atoms with Crippen molar-refractivity contribution in [2.45, 2.75) is 31.7 Å². The van der Waals surface area contributed by atoms with Crippen molar-refractivity contribution in [3.05, 3.63) is 59.4 Å². The smallest absolute Gasteiger partial charge is 0.246 e. The van der Waals surface area contributed by atoms with E-state index in [1.807, 2.05) is 6.92 Å². The Hall–Kier alpha value is -2.39. The number of benzene rings is 2. The van der Waals surface area contributed by atoms with Gasteiger partial charge in [-0.2, -0.15) is 4.31 Å². The van der Waals surface area contributed by atoms with Crippen LogP contribution in [-0.4, -0.2) is 31.2 Å². The van der Waals surface area contributed by atoms with Gasteiger partial charge in [-0.15, -0.1) is 0 Å². The second kappa shape index (κ2) is 8.10. The predicted octanol–water partition coefficient (Wildman–Crippen LogP) is 3.45. The molecular weight excluding hydrogens is 381 g/mol. The Kier molecular flexibility index (Phi) is 6.27. The molecule has 0 saturated heterocycles. The molecule has 5 nitrogen and oxygen atoms in total. The first-order valence-corrected chi connectivity index (χ1v) is 9.56. The Morgan fingerprint density at radius 2 is 1.67 bits per heavy atom. The Morgan fingerprint density at radius 3 is 2.22 bits per heavy atom. The van der Waals surface area contributed by atoms with Crippen molar-refractivity contribution in [3.8, 4) is 0 Å². The van der Waals surface area contributed by atoms with Gasteiger partial charge in [-0.1, -0.05) is 24.6 Å². The fourth-order valence-corrected chi connectivity index (χ4v) is 4.16. The summed E-state index contributed by atoms with van der Waals surface area (Å²) in [7, 11) is -4.57. The third-order valence-electron chi connectivity index (χ3n) is 4.03. The molecule has 1 atom stereocenters. The lowest BCUT2D eigenvalue weighted by Gasteiger charge is -2.26. The highest BCUT2D eigenvalue weighted by molar-refractivity contribution is 7.89. The molecule has 2 aromatic carbocycles. The molecule has 2 aromatic rings. The van der Waals surface area contributed by atoms with Crippen LogP contribution in [0, 0.1) is 24.4 Å². The summed E-state index contributed by atoms with van der Waals surface area (Å²) in [5.41, 5.74) is 1.44. The number of halogens is 3. The minimum Gasteiger partial charge on any atom is -0.325 e. The SMILES string of the molecule is CCN([C@H](C)C(=O)Nc1ccc(C)cc1)S(=O)(=O)c1ccc(F)c(F)c1F. The summed E-state index contributed by atoms with van der Waals surface area (Å²) in [5, 5.41) is 2.57. The van der Waals surface area contributed by atoms with Crippen molar-refractivity contribution >= 4 is 21.6 Å². The average molecular weight is 400 g/mol. The molecule has 0 aliphatic rings. The largest absolute Gasteiger partial charge is 0.325 e. The van der Waals surface area contributed by atoms with Gasteiger partial charge in [-0.05, 0) is 38.1 Å². The molecule has 0 radical (unpaired) electrons. The highest BCUT2D eigenvalue weighted by atomic mass is 32.2. The van der Waals surface area contributed by atoms with Gasteiger partial charge in [0.25, 0.3) is 0 Å². The van der Waals surface area contributed by atoms with E-state index >= 15 is 0 Å². The van der Waals surface area contributed by atoms with Crippen molar-refractivity contribution in [3.63, 3.8) is 0 Å². The molecule has 0 bridgehead atoms. The summed E-state index contributed by atoms with van der Waals surface area (Å²) in [6, 6.07) is 6.79. The van der Waals surface area contributed by atoms with Crippen LogP contribution >= 0.6 is 0 Å². The summed E-state index contributed by atoms with van der Waals surface area (Å²) in [6.45, 7) is 4.46. The van der Waals surface area contributed by atoms with Gasteiger partial charge in [0.15, 0.2) is 17.5 Å². The number of carbonyl (C=O) groups excluding carboxylic acids is 1. The molecule has 0 aromatic heterocycles. The maximum Gasteiger partial charge on any atom is 0.246 e. The molecule has 9 heteroatoms. The molecule has 0 heterocycles. The van der Waals surface area contributed by atoms with Gasteiger partial charge in [0.1, 0.15) is 10.9 Å². The van der Waals surface area contributed by atoms with E-state index in [-0.39, 0.29) is 6.54 Å². The summed E-state index contributed by atoms with van der Waals surface area (Å²) in [5.74, 6) is -5.85. The molecule has 0 unspecified atom stereocenters. The first-order chi connectivity index (χ1) is 12.6. The van der Waals surface area contributed by atoms with Crippen LogP contribution in [-0.2, 0) is 14.8 Å². The number of nitrogens with one attached hydrogen (secondary N) is 1. The number of hydrogen-bond donors (Lipinski definition) is 1. The molecule has 0 saturated carbocycles. The molecule has 0 fully saturated rings. The van der Waals surface area contributed by atoms with Crippen LogP contribution in [0.3, 0.4) is 0 Å². The number of amides is 1. The molecule has 146 valence electrons. The lowest BCUT2D eigenvalue weighted by atomic mass is 10.2. The van der Waals surface area contributed by atoms with E-state index in [2.05, 4.69) is 5.32 Å². The number of nitrogens with zero attached hydrogens (tertiary/aromatic N) is 1. The fourth-order valence-electron chi connectivity index (χ4n) is 2.50. The Morgan fingerprint density at radius 1 is 1.07 bits per heavy atom. The van der Waals surface area contributed by atoms with Gasteiger partial charge in [0.2, 0.25) is 15.9 Å². The summed E-state index contributed by atoms with van der Waals surface area (Å²) < 4.78 is 66.7. The highest BCUT2D eigenvalue weighted by Gasteiger charge is 2.35. The Bertz CT molecular complexity index is 947. The van der Waals surface area contributed by atoms with Crippen molar-refractivity contribution in [2.24, 2.45) is 0 Å². The topological polar surface area (TPSA) is 66.5 Å². The number of carbonyl (C=O) groups is 1. The fraction of sp³-hybridized carbons (Fsp3) is 0.278. The van der Waals surface area contributed by atoms with Crippen LogP contribution in [0.1, 0.15) is 19.4 Å². The van der Waals surface area contributed by atoms with Gasteiger partial charge < -0.3 is 5.32 Å². The third kappa shape index (κ3) is 4.30. The van der Waals surface area contributed by atoms with Crippen molar-refractivity contribution < 1.29 is 26.4 Å². The second-order valence-corrected chi connectivity index (χ2v) is 7.77. The number of sulfonamides is 1. The number of hydrogen-bond acceptors (Lipinski definition) is 3. The highest BCUT2D eigenvalue weighted by Crippen LogP contribution is 2.24. The first kappa shape index (κ1) is 20.9. The second-order valence-electron chi connectivity index (χ2n) is 5.91. The first-order valence-electron chi connectivity index (χ1n) is 8.12. The van der Waals surface area contributed by atoms with Crippen LogP contribution in [0.5, 0.6) is 0 Å². The Labute approximate surface area is 155 Å². The molecule has 1 N–H and O–H groups in total. The van der Waals surface area contributed by atoms with E-state index in [0.29, 0.717) is 22.1 Å². The molecule has 27 heavy (non-hydrogen) atoms. The lowest BCUT2D eigenvalue weighted by Crippen LogP contribution is -2.45. The minimum atomic E-state index is -4.57. The molecule has 0 aliphatic carbocycles. The van der Waals surface area contributed by atoms with Crippen LogP contribution < -0.4 is 5.32 Å². The molecule has 1 amide bonds. The quantitative estimate of drug-likeness (QED) is 0.756. The summed E-state index contributed by atoms with van der Waals surface area (Å²) in [4.78, 5) is 11.4. The Balaban J connectivity index is 2.32. The van der Waals surface area contributed by atoms with Gasteiger partial charge >= 0.3 is 0 Å². The monoisotopic (exact) mass is 400 g/mol. The molecule has 2 rings (SSSR count). The number of rotatable bonds is 6. The van der Waals surface area contributed by atoms with E-state index in [4.69, 9.17) is 0 Å². The van der Waals surface area contributed by atoms with Crippen LogP contribution in [0.4, 0.5) is 18.9 Å². The average Bonchev–Trinajstić information content (AvgIpc) is 2.61. The normalized spacial score (nSPS) is 12.9. The van der Waals surface area contributed by atoms with Gasteiger partial charge in [0, 0.05) is 12.2 Å². The molecule has 0 aliphatic heterocycles. The van der Waals surface area contributed by atoms with Gasteiger partial charge in [-0.3, -0.25) is 4.79 Å². The van der Waals surface area contributed by atoms with Crippen molar-refractivity contribution in [2.75, 3.05) is 11.9 Å². The lowest BCUT2D eigenvalue weighted by molar-refractivity contribution is -0.119. The maximum absolute atomic E-state index is 14.0. The summed E-state index contributed by atoms with van der Waals surface area (Å²) >= 11 is 0. The van der Waals surface area contributed by atoms with Crippen LogP contribution in [0.25, 0.3) is 0 Å². The zero-order chi connectivity index (χ0) is 20.4. The zero-order valence-electron chi connectivity index (χ0n) is 15.0. The van der Waals surface area contributed by atoms with Gasteiger partial charge in [0.05, 0.1) is 0 Å². The van der Waals surface area contributed by atoms with Crippen molar-refractivity contribution in [1.82, 2.24) is 4.31 Å². The predicted molar refractivity (Wildman–Crippen MR) is 95.2 cm³/mol. The van der Waals surface area contributed by atoms with Crippen LogP contribution in [0.15, 0.2) is 41.3 Å². The van der Waals surface area contributed by atoms with E-state index in [1.165, 1.54) is 13.8 Å². The number of aryl methyl sites for hydroxylation is 1. The van der Waals surface area contributed by atoms with E-state index in [0.717, 1.165) is 5.56 Å². The standard InChI is InChI=1S/C18H19F3N2O3S/c1-4-23(12(3)18(24)22-13-7-5-11(2)6-8-13)27(25,26)15-10-9-14(19)16(20)17(15)21/h5-10,12H,4H2,1-3H3,(H,22,24)/t12-/m1/s1. The molecule has 0 spiro atoms. The third-order valence-corrected chi connectivity index (χ3v) is 6.09.